The van der Waals surface area contributed by atoms with Gasteiger partial charge in [-0.15, -0.1) is 17.8 Å². The summed E-state index contributed by atoms with van der Waals surface area (Å²) in [5.74, 6) is 2.16. The fraction of sp³-hybridized carbons (Fsp3) is 0.333. The van der Waals surface area contributed by atoms with Crippen molar-refractivity contribution in [3.8, 4) is 12.3 Å². The van der Waals surface area contributed by atoms with Crippen LogP contribution >= 0.6 is 11.3 Å². The lowest BCUT2D eigenvalue weighted by Crippen LogP contribution is -2.42. The molecule has 0 saturated carbocycles. The maximum absolute atomic E-state index is 11.5. The third-order valence-corrected chi connectivity index (χ3v) is 2.22. The molecule has 0 atom stereocenters. The number of hydrogen-bond acceptors (Lipinski definition) is 4. The number of aromatic nitrogens is 1. The first-order valence-corrected chi connectivity index (χ1v) is 4.84. The molecule has 1 amide bonds. The van der Waals surface area contributed by atoms with Crippen molar-refractivity contribution >= 4 is 22.4 Å². The van der Waals surface area contributed by atoms with Crippen LogP contribution in [0.3, 0.4) is 0 Å². The molecule has 0 unspecified atom stereocenters. The molecule has 1 aromatic heterocycles. The minimum atomic E-state index is -0.671. The Morgan fingerprint density at radius 3 is 2.86 bits per heavy atom. The minimum Gasteiger partial charge on any atom is -0.375 e. The largest absolute Gasteiger partial charge is 0.375 e. The molecule has 14 heavy (non-hydrogen) atoms. The van der Waals surface area contributed by atoms with E-state index in [-0.39, 0.29) is 5.91 Å². The van der Waals surface area contributed by atoms with Crippen LogP contribution in [-0.2, 0) is 0 Å². The molecule has 0 aliphatic carbocycles. The summed E-state index contributed by atoms with van der Waals surface area (Å²) in [6.07, 6.45) is 5.23. The highest BCUT2D eigenvalue weighted by Crippen LogP contribution is 2.11. The summed E-state index contributed by atoms with van der Waals surface area (Å²) >= 11 is 1.22. The SMILES string of the molecule is C#CC(C)(C)NC(=O)c1csc(N)n1. The van der Waals surface area contributed by atoms with E-state index in [1.807, 2.05) is 0 Å². The number of carbonyl (C=O) groups is 1. The van der Waals surface area contributed by atoms with Crippen LogP contribution in [0.2, 0.25) is 0 Å². The van der Waals surface area contributed by atoms with Gasteiger partial charge in [0.1, 0.15) is 5.69 Å². The van der Waals surface area contributed by atoms with E-state index in [9.17, 15) is 4.79 Å². The number of nitrogens with two attached hydrogens (primary N) is 1. The second-order valence-corrected chi connectivity index (χ2v) is 4.18. The molecule has 0 aliphatic rings. The predicted octanol–water partition coefficient (Wildman–Crippen LogP) is 0.867. The number of anilines is 1. The maximum atomic E-state index is 11.5. The fourth-order valence-electron chi connectivity index (χ4n) is 0.776. The van der Waals surface area contributed by atoms with Gasteiger partial charge < -0.3 is 11.1 Å². The second kappa shape index (κ2) is 3.68. The fourth-order valence-corrected chi connectivity index (χ4v) is 1.32. The van der Waals surface area contributed by atoms with Crippen molar-refractivity contribution < 1.29 is 4.79 Å². The average molecular weight is 209 g/mol. The number of terminal acetylenes is 1. The normalized spacial score (nSPS) is 10.6. The van der Waals surface area contributed by atoms with Gasteiger partial charge in [0.25, 0.3) is 5.91 Å². The molecule has 0 bridgehead atoms. The van der Waals surface area contributed by atoms with Gasteiger partial charge in [-0.3, -0.25) is 4.79 Å². The lowest BCUT2D eigenvalue weighted by molar-refractivity contribution is 0.0925. The molecule has 0 radical (unpaired) electrons. The molecule has 4 nitrogen and oxygen atoms in total. The van der Waals surface area contributed by atoms with Crippen LogP contribution in [-0.4, -0.2) is 16.4 Å². The smallest absolute Gasteiger partial charge is 0.272 e. The maximum Gasteiger partial charge on any atom is 0.272 e. The first-order chi connectivity index (χ1) is 6.44. The van der Waals surface area contributed by atoms with Gasteiger partial charge in [0, 0.05) is 5.38 Å². The predicted molar refractivity (Wildman–Crippen MR) is 56.9 cm³/mol. The van der Waals surface area contributed by atoms with Crippen molar-refractivity contribution in [2.24, 2.45) is 0 Å². The molecule has 0 aromatic carbocycles. The minimum absolute atomic E-state index is 0.302. The molecule has 0 saturated heterocycles. The number of hydrogen-bond donors (Lipinski definition) is 2. The van der Waals surface area contributed by atoms with Crippen molar-refractivity contribution in [2.75, 3.05) is 5.73 Å². The molecular weight excluding hydrogens is 198 g/mol. The van der Waals surface area contributed by atoms with E-state index < -0.39 is 5.54 Å². The molecule has 1 heterocycles. The van der Waals surface area contributed by atoms with Gasteiger partial charge >= 0.3 is 0 Å². The average Bonchev–Trinajstić information content (AvgIpc) is 2.51. The van der Waals surface area contributed by atoms with Gasteiger partial charge in [0.15, 0.2) is 5.13 Å². The van der Waals surface area contributed by atoms with E-state index in [0.29, 0.717) is 10.8 Å². The zero-order valence-electron chi connectivity index (χ0n) is 8.00. The Kier molecular flexibility index (Phi) is 2.77. The lowest BCUT2D eigenvalue weighted by Gasteiger charge is -2.18. The van der Waals surface area contributed by atoms with Crippen LogP contribution < -0.4 is 11.1 Å². The Bertz CT molecular complexity index is 389. The zero-order valence-corrected chi connectivity index (χ0v) is 8.81. The summed E-state index contributed by atoms with van der Waals surface area (Å²) < 4.78 is 0. The van der Waals surface area contributed by atoms with Crippen molar-refractivity contribution in [1.29, 1.82) is 0 Å². The topological polar surface area (TPSA) is 68.0 Å². The highest BCUT2D eigenvalue weighted by Gasteiger charge is 2.19. The van der Waals surface area contributed by atoms with Gasteiger partial charge in [-0.1, -0.05) is 5.92 Å². The van der Waals surface area contributed by atoms with Gasteiger partial charge in [0.05, 0.1) is 5.54 Å². The number of thiazole rings is 1. The molecule has 1 rings (SSSR count). The van der Waals surface area contributed by atoms with Crippen molar-refractivity contribution in [1.82, 2.24) is 10.3 Å². The zero-order chi connectivity index (χ0) is 10.8. The number of nitrogens with zero attached hydrogens (tertiary/aromatic N) is 1. The lowest BCUT2D eigenvalue weighted by atomic mass is 10.1. The van der Waals surface area contributed by atoms with Crippen molar-refractivity contribution in [2.45, 2.75) is 19.4 Å². The molecular formula is C9H11N3OS. The number of carbonyl (C=O) groups excluding carboxylic acids is 1. The van der Waals surface area contributed by atoms with Crippen molar-refractivity contribution in [3.63, 3.8) is 0 Å². The molecule has 74 valence electrons. The summed E-state index contributed by atoms with van der Waals surface area (Å²) in [6.45, 7) is 3.47. The van der Waals surface area contributed by atoms with E-state index in [4.69, 9.17) is 12.2 Å². The Morgan fingerprint density at radius 2 is 2.43 bits per heavy atom. The third kappa shape index (κ3) is 2.47. The summed E-state index contributed by atoms with van der Waals surface area (Å²) in [5, 5.41) is 4.61. The Morgan fingerprint density at radius 1 is 1.79 bits per heavy atom. The quantitative estimate of drug-likeness (QED) is 0.710. The first kappa shape index (κ1) is 10.5. The molecule has 3 N–H and O–H groups in total. The van der Waals surface area contributed by atoms with Crippen LogP contribution in [0, 0.1) is 12.3 Å². The van der Waals surface area contributed by atoms with Crippen molar-refractivity contribution in [3.05, 3.63) is 11.1 Å². The molecule has 1 aromatic rings. The second-order valence-electron chi connectivity index (χ2n) is 3.29. The molecule has 0 fully saturated rings. The van der Waals surface area contributed by atoms with Gasteiger partial charge in [0.2, 0.25) is 0 Å². The number of nitrogens with one attached hydrogen (secondary N) is 1. The number of rotatable bonds is 2. The summed E-state index contributed by atoms with van der Waals surface area (Å²) in [4.78, 5) is 15.4. The van der Waals surface area contributed by atoms with E-state index in [1.54, 1.807) is 19.2 Å². The van der Waals surface area contributed by atoms with E-state index in [2.05, 4.69) is 16.2 Å². The van der Waals surface area contributed by atoms with Crippen LogP contribution in [0.4, 0.5) is 5.13 Å². The Labute approximate surface area is 86.5 Å². The van der Waals surface area contributed by atoms with Crippen LogP contribution in [0.15, 0.2) is 5.38 Å². The molecule has 0 spiro atoms. The summed E-state index contributed by atoms with van der Waals surface area (Å²) in [5.41, 5.74) is 5.03. The van der Waals surface area contributed by atoms with Gasteiger partial charge in [-0.2, -0.15) is 0 Å². The van der Waals surface area contributed by atoms with Gasteiger partial charge in [-0.25, -0.2) is 4.98 Å². The van der Waals surface area contributed by atoms with E-state index in [1.165, 1.54) is 11.3 Å². The summed E-state index contributed by atoms with van der Waals surface area (Å²) in [6, 6.07) is 0. The molecule has 5 heteroatoms. The van der Waals surface area contributed by atoms with E-state index in [0.717, 1.165) is 0 Å². The monoisotopic (exact) mass is 209 g/mol. The Hall–Kier alpha value is -1.54. The van der Waals surface area contributed by atoms with Crippen LogP contribution in [0.1, 0.15) is 24.3 Å². The van der Waals surface area contributed by atoms with Gasteiger partial charge in [-0.05, 0) is 13.8 Å². The molecule has 0 aliphatic heterocycles. The first-order valence-electron chi connectivity index (χ1n) is 3.96. The third-order valence-electron chi connectivity index (χ3n) is 1.54. The standard InChI is InChI=1S/C9H11N3OS/c1-4-9(2,3)12-7(13)6-5-14-8(10)11-6/h1,5H,2-3H3,(H2,10,11)(H,12,13). The Balaban J connectivity index is 2.74. The highest BCUT2D eigenvalue weighted by molar-refractivity contribution is 7.13. The number of nitrogen functional groups attached to an aromatic ring is 1. The van der Waals surface area contributed by atoms with E-state index >= 15 is 0 Å². The van der Waals surface area contributed by atoms with Crippen LogP contribution in [0.5, 0.6) is 0 Å². The number of amides is 1. The highest BCUT2D eigenvalue weighted by atomic mass is 32.1. The summed E-state index contributed by atoms with van der Waals surface area (Å²) in [7, 11) is 0. The van der Waals surface area contributed by atoms with Crippen LogP contribution in [0.25, 0.3) is 0 Å².